The van der Waals surface area contributed by atoms with Gasteiger partial charge in [-0.3, -0.25) is 19.8 Å². The number of H-pyrrole nitrogens is 1. The van der Waals surface area contributed by atoms with Crippen LogP contribution in [0.25, 0.3) is 0 Å². The second-order valence-corrected chi connectivity index (χ2v) is 6.55. The first kappa shape index (κ1) is 16.3. The van der Waals surface area contributed by atoms with E-state index in [-0.39, 0.29) is 24.3 Å². The van der Waals surface area contributed by atoms with Gasteiger partial charge in [-0.2, -0.15) is 0 Å². The fraction of sp³-hybridized carbons (Fsp3) is 0.333. The number of piperidine rings is 1. The molecule has 8 nitrogen and oxygen atoms in total. The second kappa shape index (κ2) is 6.62. The maximum atomic E-state index is 12.8. The molecule has 0 aliphatic carbocycles. The predicted octanol–water partition coefficient (Wildman–Crippen LogP) is 1.49. The highest BCUT2D eigenvalue weighted by molar-refractivity contribution is 6.12. The molecule has 2 N–H and O–H groups in total. The highest BCUT2D eigenvalue weighted by atomic mass is 16.2. The zero-order chi connectivity index (χ0) is 18.1. The number of carbonyl (C=O) groups excluding carboxylic acids is 3. The molecule has 0 bridgehead atoms. The average molecular weight is 353 g/mol. The number of nitrogens with one attached hydrogen (secondary N) is 2. The van der Waals surface area contributed by atoms with Gasteiger partial charge >= 0.3 is 6.03 Å². The Morgan fingerprint density at radius 2 is 2.00 bits per heavy atom. The predicted molar refractivity (Wildman–Crippen MR) is 93.8 cm³/mol. The summed E-state index contributed by atoms with van der Waals surface area (Å²) in [4.78, 5) is 46.5. The van der Waals surface area contributed by atoms with Gasteiger partial charge in [0.2, 0.25) is 5.91 Å². The van der Waals surface area contributed by atoms with E-state index in [2.05, 4.69) is 15.3 Å². The van der Waals surface area contributed by atoms with Gasteiger partial charge in [0.05, 0.1) is 0 Å². The summed E-state index contributed by atoms with van der Waals surface area (Å²) in [6.07, 6.45) is 5.47. The molecule has 2 aliphatic heterocycles. The number of hydrogen-bond donors (Lipinski definition) is 2. The van der Waals surface area contributed by atoms with Crippen molar-refractivity contribution in [1.29, 1.82) is 0 Å². The fourth-order valence-electron chi connectivity index (χ4n) is 3.50. The van der Waals surface area contributed by atoms with Gasteiger partial charge in [0.25, 0.3) is 5.91 Å². The molecular weight excluding hydrogens is 334 g/mol. The SMILES string of the molecule is O=C1CN(c2ccc(C(=O)N3CCCC(c4ncc[nH]4)C3)cc2)C(=O)N1. The van der Waals surface area contributed by atoms with Crippen LogP contribution in [-0.4, -0.2) is 52.3 Å². The number of anilines is 1. The molecule has 0 radical (unpaired) electrons. The number of rotatable bonds is 3. The minimum atomic E-state index is -0.439. The van der Waals surface area contributed by atoms with E-state index in [4.69, 9.17) is 0 Å². The summed E-state index contributed by atoms with van der Waals surface area (Å²) in [7, 11) is 0. The molecule has 3 heterocycles. The molecule has 0 saturated carbocycles. The number of hydrogen-bond acceptors (Lipinski definition) is 4. The zero-order valence-electron chi connectivity index (χ0n) is 14.1. The van der Waals surface area contributed by atoms with Gasteiger partial charge in [0.15, 0.2) is 0 Å². The van der Waals surface area contributed by atoms with Crippen molar-refractivity contribution in [1.82, 2.24) is 20.2 Å². The Kier molecular flexibility index (Phi) is 4.16. The Labute approximate surface area is 150 Å². The molecular formula is C18H19N5O3. The number of nitrogens with zero attached hydrogens (tertiary/aromatic N) is 3. The summed E-state index contributed by atoms with van der Waals surface area (Å²) < 4.78 is 0. The summed E-state index contributed by atoms with van der Waals surface area (Å²) in [5.74, 6) is 0.783. The first-order valence-corrected chi connectivity index (χ1v) is 8.62. The number of aromatic amines is 1. The van der Waals surface area contributed by atoms with Crippen LogP contribution in [-0.2, 0) is 4.79 Å². The lowest BCUT2D eigenvalue weighted by atomic mass is 9.96. The molecule has 1 atom stereocenters. The molecule has 1 aromatic heterocycles. The highest BCUT2D eigenvalue weighted by Crippen LogP contribution is 2.26. The van der Waals surface area contributed by atoms with Gasteiger partial charge in [-0.1, -0.05) is 0 Å². The maximum Gasteiger partial charge on any atom is 0.329 e. The van der Waals surface area contributed by atoms with Gasteiger partial charge in [-0.15, -0.1) is 0 Å². The Balaban J connectivity index is 1.46. The first-order valence-electron chi connectivity index (χ1n) is 8.62. The van der Waals surface area contributed by atoms with E-state index in [9.17, 15) is 14.4 Å². The quantitative estimate of drug-likeness (QED) is 0.817. The smallest absolute Gasteiger partial charge is 0.329 e. The molecule has 26 heavy (non-hydrogen) atoms. The molecule has 4 rings (SSSR count). The monoisotopic (exact) mass is 353 g/mol. The third kappa shape index (κ3) is 3.05. The average Bonchev–Trinajstić information content (AvgIpc) is 3.31. The Morgan fingerprint density at radius 1 is 1.19 bits per heavy atom. The number of amides is 4. The zero-order valence-corrected chi connectivity index (χ0v) is 14.1. The molecule has 8 heteroatoms. The van der Waals surface area contributed by atoms with E-state index in [0.717, 1.165) is 25.2 Å². The van der Waals surface area contributed by atoms with Crippen LogP contribution < -0.4 is 10.2 Å². The van der Waals surface area contributed by atoms with Crippen LogP contribution in [0.15, 0.2) is 36.7 Å². The Hall–Kier alpha value is -3.16. The van der Waals surface area contributed by atoms with E-state index in [1.165, 1.54) is 4.90 Å². The van der Waals surface area contributed by atoms with Crippen molar-refractivity contribution in [2.24, 2.45) is 0 Å². The van der Waals surface area contributed by atoms with Gasteiger partial charge in [0.1, 0.15) is 12.4 Å². The number of carbonyl (C=O) groups is 3. The van der Waals surface area contributed by atoms with E-state index in [1.807, 2.05) is 4.90 Å². The lowest BCUT2D eigenvalue weighted by molar-refractivity contribution is -0.117. The topological polar surface area (TPSA) is 98.4 Å². The summed E-state index contributed by atoms with van der Waals surface area (Å²) in [6, 6.07) is 6.35. The summed E-state index contributed by atoms with van der Waals surface area (Å²) in [6.45, 7) is 1.36. The number of aromatic nitrogens is 2. The molecule has 1 unspecified atom stereocenters. The lowest BCUT2D eigenvalue weighted by Crippen LogP contribution is -2.39. The minimum absolute atomic E-state index is 0.00305. The largest absolute Gasteiger partial charge is 0.348 e. The van der Waals surface area contributed by atoms with Crippen molar-refractivity contribution in [2.75, 3.05) is 24.5 Å². The van der Waals surface area contributed by atoms with Crippen molar-refractivity contribution in [3.05, 3.63) is 48.0 Å². The van der Waals surface area contributed by atoms with Crippen molar-refractivity contribution >= 4 is 23.5 Å². The van der Waals surface area contributed by atoms with Crippen LogP contribution >= 0.6 is 0 Å². The first-order chi connectivity index (χ1) is 12.6. The lowest BCUT2D eigenvalue weighted by Gasteiger charge is -2.32. The van der Waals surface area contributed by atoms with Crippen molar-refractivity contribution in [3.8, 4) is 0 Å². The molecule has 0 spiro atoms. The third-order valence-electron chi connectivity index (χ3n) is 4.83. The molecule has 2 aromatic rings. The highest BCUT2D eigenvalue weighted by Gasteiger charge is 2.29. The van der Waals surface area contributed by atoms with Crippen molar-refractivity contribution < 1.29 is 14.4 Å². The summed E-state index contributed by atoms with van der Waals surface area (Å²) in [5.41, 5.74) is 1.16. The summed E-state index contributed by atoms with van der Waals surface area (Å²) >= 11 is 0. The van der Waals surface area contributed by atoms with E-state index >= 15 is 0 Å². The standard InChI is InChI=1S/C18H19N5O3/c24-15-11-23(18(26)21-15)14-5-3-12(4-6-14)17(25)22-9-1-2-13(10-22)16-19-7-8-20-16/h3-8,13H,1-2,9-11H2,(H,19,20)(H,21,24,26). The van der Waals surface area contributed by atoms with Crippen LogP contribution in [0, 0.1) is 0 Å². The normalized spacial score (nSPS) is 20.4. The van der Waals surface area contributed by atoms with Crippen LogP contribution in [0.4, 0.5) is 10.5 Å². The minimum Gasteiger partial charge on any atom is -0.348 e. The maximum absolute atomic E-state index is 12.8. The molecule has 2 aliphatic rings. The van der Waals surface area contributed by atoms with Gasteiger partial charge in [-0.05, 0) is 37.1 Å². The van der Waals surface area contributed by atoms with Gasteiger partial charge in [0, 0.05) is 42.7 Å². The van der Waals surface area contributed by atoms with Gasteiger partial charge < -0.3 is 9.88 Å². The number of imidazole rings is 1. The van der Waals surface area contributed by atoms with Crippen molar-refractivity contribution in [2.45, 2.75) is 18.8 Å². The van der Waals surface area contributed by atoms with Gasteiger partial charge in [-0.25, -0.2) is 9.78 Å². The van der Waals surface area contributed by atoms with Crippen LogP contribution in [0.1, 0.15) is 34.9 Å². The number of urea groups is 1. The number of benzene rings is 1. The number of imide groups is 1. The van der Waals surface area contributed by atoms with E-state index in [1.54, 1.807) is 36.7 Å². The van der Waals surface area contributed by atoms with Crippen LogP contribution in [0.3, 0.4) is 0 Å². The second-order valence-electron chi connectivity index (χ2n) is 6.55. The molecule has 2 saturated heterocycles. The third-order valence-corrected chi connectivity index (χ3v) is 4.83. The Bertz CT molecular complexity index is 831. The molecule has 134 valence electrons. The van der Waals surface area contributed by atoms with Crippen LogP contribution in [0.2, 0.25) is 0 Å². The molecule has 4 amide bonds. The van der Waals surface area contributed by atoms with Crippen molar-refractivity contribution in [3.63, 3.8) is 0 Å². The van der Waals surface area contributed by atoms with E-state index in [0.29, 0.717) is 17.8 Å². The molecule has 1 aromatic carbocycles. The number of likely N-dealkylation sites (tertiary alicyclic amines) is 1. The molecule has 2 fully saturated rings. The van der Waals surface area contributed by atoms with E-state index < -0.39 is 6.03 Å². The van der Waals surface area contributed by atoms with Crippen LogP contribution in [0.5, 0.6) is 0 Å². The Morgan fingerprint density at radius 3 is 2.65 bits per heavy atom. The fourth-order valence-corrected chi connectivity index (χ4v) is 3.50. The summed E-state index contributed by atoms with van der Waals surface area (Å²) in [5, 5.41) is 2.24.